The number of carbonyl (C=O) groups excluding carboxylic acids is 1. The molecule has 0 radical (unpaired) electrons. The molecule has 1 amide bonds. The summed E-state index contributed by atoms with van der Waals surface area (Å²) in [5, 5.41) is 10.5. The molecule has 1 N–H and O–H groups in total. The highest BCUT2D eigenvalue weighted by atomic mass is 16.1. The molecule has 7 nitrogen and oxygen atoms in total. The van der Waals surface area contributed by atoms with Gasteiger partial charge in [-0.3, -0.25) is 4.79 Å². The van der Waals surface area contributed by atoms with E-state index >= 15 is 0 Å². The van der Waals surface area contributed by atoms with Gasteiger partial charge in [0.15, 0.2) is 11.5 Å². The standard InChI is InChI=1S/C13H18N6O/c1-14-13(20)11-4-5-12(17-16-11)18(2)7-3-8-19-9-6-15-10-19/h4-6,9-10H,3,7-8H2,1-2H3,(H,14,20). The minimum Gasteiger partial charge on any atom is -0.358 e. The Balaban J connectivity index is 1.85. The van der Waals surface area contributed by atoms with Crippen LogP contribution >= 0.6 is 0 Å². The molecule has 0 spiro atoms. The van der Waals surface area contributed by atoms with Crippen molar-refractivity contribution in [1.29, 1.82) is 0 Å². The summed E-state index contributed by atoms with van der Waals surface area (Å²) in [5.41, 5.74) is 0.322. The fourth-order valence-corrected chi connectivity index (χ4v) is 1.80. The number of anilines is 1. The van der Waals surface area contributed by atoms with Crippen LogP contribution in [0.4, 0.5) is 5.82 Å². The van der Waals surface area contributed by atoms with Gasteiger partial charge in [0.1, 0.15) is 0 Å². The molecular weight excluding hydrogens is 256 g/mol. The first-order valence-electron chi connectivity index (χ1n) is 6.43. The normalized spacial score (nSPS) is 10.3. The number of carbonyl (C=O) groups is 1. The molecule has 0 aliphatic heterocycles. The van der Waals surface area contributed by atoms with Crippen molar-refractivity contribution >= 4 is 11.7 Å². The molecule has 7 heteroatoms. The SMILES string of the molecule is CNC(=O)c1ccc(N(C)CCCn2ccnc2)nn1. The minimum atomic E-state index is -0.230. The molecule has 2 heterocycles. The molecule has 0 aromatic carbocycles. The summed E-state index contributed by atoms with van der Waals surface area (Å²) < 4.78 is 2.04. The van der Waals surface area contributed by atoms with Crippen molar-refractivity contribution in [1.82, 2.24) is 25.1 Å². The van der Waals surface area contributed by atoms with E-state index in [1.165, 1.54) is 0 Å². The first kappa shape index (κ1) is 14.0. The number of hydrogen-bond acceptors (Lipinski definition) is 5. The van der Waals surface area contributed by atoms with E-state index in [-0.39, 0.29) is 5.91 Å². The fourth-order valence-electron chi connectivity index (χ4n) is 1.80. The molecule has 0 aliphatic carbocycles. The second-order valence-corrected chi connectivity index (χ2v) is 4.43. The summed E-state index contributed by atoms with van der Waals surface area (Å²) in [4.78, 5) is 17.4. The largest absolute Gasteiger partial charge is 0.358 e. The lowest BCUT2D eigenvalue weighted by Crippen LogP contribution is -2.23. The molecule has 20 heavy (non-hydrogen) atoms. The van der Waals surface area contributed by atoms with Crippen molar-refractivity contribution in [3.05, 3.63) is 36.5 Å². The van der Waals surface area contributed by atoms with Crippen LogP contribution in [0.5, 0.6) is 0 Å². The summed E-state index contributed by atoms with van der Waals surface area (Å²) in [6.07, 6.45) is 6.49. The number of hydrogen-bond donors (Lipinski definition) is 1. The number of rotatable bonds is 6. The molecule has 106 valence electrons. The fraction of sp³-hybridized carbons (Fsp3) is 0.385. The van der Waals surface area contributed by atoms with Gasteiger partial charge in [0.05, 0.1) is 6.33 Å². The van der Waals surface area contributed by atoms with Gasteiger partial charge in [0, 0.05) is 39.6 Å². The van der Waals surface area contributed by atoms with E-state index < -0.39 is 0 Å². The van der Waals surface area contributed by atoms with E-state index in [1.54, 1.807) is 31.7 Å². The van der Waals surface area contributed by atoms with Crippen LogP contribution in [0.2, 0.25) is 0 Å². The average molecular weight is 274 g/mol. The van der Waals surface area contributed by atoms with Gasteiger partial charge >= 0.3 is 0 Å². The van der Waals surface area contributed by atoms with Gasteiger partial charge in [-0.2, -0.15) is 0 Å². The Hall–Kier alpha value is -2.44. The number of nitrogens with zero attached hydrogens (tertiary/aromatic N) is 5. The summed E-state index contributed by atoms with van der Waals surface area (Å²) in [6.45, 7) is 1.76. The summed E-state index contributed by atoms with van der Waals surface area (Å²) in [7, 11) is 3.53. The zero-order chi connectivity index (χ0) is 14.4. The van der Waals surface area contributed by atoms with Crippen molar-refractivity contribution in [2.45, 2.75) is 13.0 Å². The Morgan fingerprint density at radius 3 is 2.85 bits per heavy atom. The summed E-state index contributed by atoms with van der Waals surface area (Å²) in [6, 6.07) is 3.47. The third kappa shape index (κ3) is 3.53. The second-order valence-electron chi connectivity index (χ2n) is 4.43. The maximum absolute atomic E-state index is 11.4. The molecule has 0 fully saturated rings. The third-order valence-corrected chi connectivity index (χ3v) is 2.97. The lowest BCUT2D eigenvalue weighted by atomic mass is 10.3. The number of aryl methyl sites for hydroxylation is 1. The van der Waals surface area contributed by atoms with E-state index in [9.17, 15) is 4.79 Å². The lowest BCUT2D eigenvalue weighted by molar-refractivity contribution is 0.0957. The van der Waals surface area contributed by atoms with E-state index in [1.807, 2.05) is 22.7 Å². The average Bonchev–Trinajstić information content (AvgIpc) is 2.99. The molecule has 2 rings (SSSR count). The molecule has 0 unspecified atom stereocenters. The number of aromatic nitrogens is 4. The molecule has 0 bridgehead atoms. The van der Waals surface area contributed by atoms with Gasteiger partial charge in [0.25, 0.3) is 5.91 Å². The number of imidazole rings is 1. The van der Waals surface area contributed by atoms with Crippen LogP contribution in [0.1, 0.15) is 16.9 Å². The Kier molecular flexibility index (Phi) is 4.65. The van der Waals surface area contributed by atoms with Crippen molar-refractivity contribution in [3.8, 4) is 0 Å². The molecule has 0 saturated carbocycles. The Bertz CT molecular complexity index is 536. The van der Waals surface area contributed by atoms with Crippen LogP contribution in [0, 0.1) is 0 Å². The van der Waals surface area contributed by atoms with Gasteiger partial charge in [-0.1, -0.05) is 0 Å². The Labute approximate surface area is 117 Å². The first-order chi connectivity index (χ1) is 9.70. The zero-order valence-corrected chi connectivity index (χ0v) is 11.7. The smallest absolute Gasteiger partial charge is 0.271 e. The molecular formula is C13H18N6O. The van der Waals surface area contributed by atoms with Crippen LogP contribution in [-0.4, -0.2) is 46.3 Å². The monoisotopic (exact) mass is 274 g/mol. The highest BCUT2D eigenvalue weighted by Gasteiger charge is 2.07. The number of nitrogens with one attached hydrogen (secondary N) is 1. The third-order valence-electron chi connectivity index (χ3n) is 2.97. The highest BCUT2D eigenvalue weighted by Crippen LogP contribution is 2.08. The first-order valence-corrected chi connectivity index (χ1v) is 6.43. The van der Waals surface area contributed by atoms with E-state index in [0.29, 0.717) is 5.69 Å². The molecule has 0 aliphatic rings. The van der Waals surface area contributed by atoms with Crippen LogP contribution in [0.25, 0.3) is 0 Å². The highest BCUT2D eigenvalue weighted by molar-refractivity contribution is 5.91. The van der Waals surface area contributed by atoms with Gasteiger partial charge < -0.3 is 14.8 Å². The molecule has 2 aromatic heterocycles. The Morgan fingerprint density at radius 1 is 1.40 bits per heavy atom. The Morgan fingerprint density at radius 2 is 2.25 bits per heavy atom. The maximum Gasteiger partial charge on any atom is 0.271 e. The lowest BCUT2D eigenvalue weighted by Gasteiger charge is -2.17. The van der Waals surface area contributed by atoms with Gasteiger partial charge in [-0.05, 0) is 18.6 Å². The molecule has 0 atom stereocenters. The molecule has 2 aromatic rings. The van der Waals surface area contributed by atoms with Crippen molar-refractivity contribution in [2.24, 2.45) is 0 Å². The van der Waals surface area contributed by atoms with Gasteiger partial charge in [0.2, 0.25) is 0 Å². The minimum absolute atomic E-state index is 0.230. The van der Waals surface area contributed by atoms with Crippen molar-refractivity contribution < 1.29 is 4.79 Å². The van der Waals surface area contributed by atoms with Crippen LogP contribution < -0.4 is 10.2 Å². The topological polar surface area (TPSA) is 75.9 Å². The van der Waals surface area contributed by atoms with Crippen molar-refractivity contribution in [3.63, 3.8) is 0 Å². The quantitative estimate of drug-likeness (QED) is 0.833. The predicted octanol–water partition coefficient (Wildman–Crippen LogP) is 0.559. The predicted molar refractivity (Wildman–Crippen MR) is 75.5 cm³/mol. The van der Waals surface area contributed by atoms with Crippen LogP contribution in [0.3, 0.4) is 0 Å². The zero-order valence-electron chi connectivity index (χ0n) is 11.7. The van der Waals surface area contributed by atoms with E-state index in [0.717, 1.165) is 25.3 Å². The van der Waals surface area contributed by atoms with Crippen molar-refractivity contribution in [2.75, 3.05) is 25.5 Å². The molecule has 0 saturated heterocycles. The van der Waals surface area contributed by atoms with E-state index in [2.05, 4.69) is 20.5 Å². The van der Waals surface area contributed by atoms with Crippen LogP contribution in [-0.2, 0) is 6.54 Å². The number of amides is 1. The maximum atomic E-state index is 11.4. The summed E-state index contributed by atoms with van der Waals surface area (Å²) in [5.74, 6) is 0.523. The summed E-state index contributed by atoms with van der Waals surface area (Å²) >= 11 is 0. The van der Waals surface area contributed by atoms with Crippen LogP contribution in [0.15, 0.2) is 30.9 Å². The van der Waals surface area contributed by atoms with Gasteiger partial charge in [-0.15, -0.1) is 10.2 Å². The second kappa shape index (κ2) is 6.65. The van der Waals surface area contributed by atoms with E-state index in [4.69, 9.17) is 0 Å². The van der Waals surface area contributed by atoms with Gasteiger partial charge in [-0.25, -0.2) is 4.98 Å².